The zero-order valence-corrected chi connectivity index (χ0v) is 16.8. The van der Waals surface area contributed by atoms with Crippen LogP contribution in [0.15, 0.2) is 52.1 Å². The Labute approximate surface area is 167 Å². The van der Waals surface area contributed by atoms with Gasteiger partial charge in [-0.25, -0.2) is 4.99 Å². The van der Waals surface area contributed by atoms with Crippen molar-refractivity contribution < 1.29 is 13.9 Å². The summed E-state index contributed by atoms with van der Waals surface area (Å²) in [4.78, 5) is 4.62. The topological polar surface area (TPSA) is 68.0 Å². The minimum absolute atomic E-state index is 0.160. The predicted octanol–water partition coefficient (Wildman–Crippen LogP) is 4.44. The van der Waals surface area contributed by atoms with Crippen LogP contribution in [-0.4, -0.2) is 31.8 Å². The molecular weight excluding hydrogens is 354 g/mol. The average Bonchev–Trinajstić information content (AvgIpc) is 3.35. The molecule has 0 saturated heterocycles. The summed E-state index contributed by atoms with van der Waals surface area (Å²) in [7, 11) is 0. The summed E-state index contributed by atoms with van der Waals surface area (Å²) in [5, 5.41) is 6.71. The summed E-state index contributed by atoms with van der Waals surface area (Å²) in [6.07, 6.45) is 5.42. The van der Waals surface area contributed by atoms with Crippen molar-refractivity contribution in [3.8, 4) is 5.75 Å². The maximum absolute atomic E-state index is 5.69. The molecule has 2 N–H and O–H groups in total. The molecule has 2 aromatic rings. The Morgan fingerprint density at radius 2 is 2.04 bits per heavy atom. The van der Waals surface area contributed by atoms with Gasteiger partial charge in [-0.3, -0.25) is 0 Å². The number of nitrogens with zero attached hydrogens (tertiary/aromatic N) is 1. The Kier molecular flexibility index (Phi) is 7.79. The van der Waals surface area contributed by atoms with Gasteiger partial charge in [0.15, 0.2) is 5.96 Å². The summed E-state index contributed by atoms with van der Waals surface area (Å²) >= 11 is 0. The molecule has 0 radical (unpaired) electrons. The third-order valence-electron chi connectivity index (χ3n) is 4.27. The Morgan fingerprint density at radius 1 is 1.21 bits per heavy atom. The molecule has 152 valence electrons. The van der Waals surface area contributed by atoms with Gasteiger partial charge in [-0.15, -0.1) is 0 Å². The predicted molar refractivity (Wildman–Crippen MR) is 112 cm³/mol. The molecule has 1 aliphatic carbocycles. The molecule has 28 heavy (non-hydrogen) atoms. The molecule has 0 aliphatic heterocycles. The van der Waals surface area contributed by atoms with Crippen molar-refractivity contribution in [3.63, 3.8) is 0 Å². The fourth-order valence-electron chi connectivity index (χ4n) is 2.64. The van der Waals surface area contributed by atoms with Crippen LogP contribution in [0.4, 0.5) is 5.69 Å². The zero-order valence-electron chi connectivity index (χ0n) is 16.8. The van der Waals surface area contributed by atoms with Crippen molar-refractivity contribution in [2.75, 3.05) is 25.1 Å². The summed E-state index contributed by atoms with van der Waals surface area (Å²) in [5.41, 5.74) is 0.951. The zero-order chi connectivity index (χ0) is 19.6. The SMILES string of the molecule is CC(C)Oc1ccc(NC(=NCc2ccco2)NCCCOCC2CC2)cc1. The maximum atomic E-state index is 5.69. The smallest absolute Gasteiger partial charge is 0.196 e. The average molecular weight is 386 g/mol. The molecule has 1 heterocycles. The molecular formula is C22H31N3O3. The van der Waals surface area contributed by atoms with E-state index in [1.54, 1.807) is 6.26 Å². The van der Waals surface area contributed by atoms with Gasteiger partial charge < -0.3 is 24.5 Å². The molecule has 0 amide bonds. The quantitative estimate of drug-likeness (QED) is 0.340. The van der Waals surface area contributed by atoms with Gasteiger partial charge >= 0.3 is 0 Å². The number of guanidine groups is 1. The van der Waals surface area contributed by atoms with Crippen LogP contribution in [0.1, 0.15) is 38.9 Å². The first-order valence-corrected chi connectivity index (χ1v) is 10.1. The van der Waals surface area contributed by atoms with Gasteiger partial charge in [0.1, 0.15) is 18.1 Å². The molecule has 6 nitrogen and oxygen atoms in total. The number of benzene rings is 1. The van der Waals surface area contributed by atoms with Crippen molar-refractivity contribution in [1.82, 2.24) is 5.32 Å². The monoisotopic (exact) mass is 385 g/mol. The lowest BCUT2D eigenvalue weighted by molar-refractivity contribution is 0.123. The van der Waals surface area contributed by atoms with E-state index in [0.29, 0.717) is 6.54 Å². The van der Waals surface area contributed by atoms with E-state index >= 15 is 0 Å². The van der Waals surface area contributed by atoms with Gasteiger partial charge in [-0.05, 0) is 75.4 Å². The van der Waals surface area contributed by atoms with E-state index in [9.17, 15) is 0 Å². The van der Waals surface area contributed by atoms with Crippen LogP contribution in [0.25, 0.3) is 0 Å². The summed E-state index contributed by atoms with van der Waals surface area (Å²) in [6.45, 7) is 6.99. The van der Waals surface area contributed by atoms with Crippen molar-refractivity contribution in [3.05, 3.63) is 48.4 Å². The summed E-state index contributed by atoms with van der Waals surface area (Å²) < 4.78 is 16.8. The highest BCUT2D eigenvalue weighted by molar-refractivity contribution is 5.93. The minimum atomic E-state index is 0.160. The van der Waals surface area contributed by atoms with E-state index in [1.807, 2.05) is 50.2 Å². The van der Waals surface area contributed by atoms with Crippen LogP contribution < -0.4 is 15.4 Å². The second-order valence-electron chi connectivity index (χ2n) is 7.36. The number of nitrogens with one attached hydrogen (secondary N) is 2. The van der Waals surface area contributed by atoms with Gasteiger partial charge in [0, 0.05) is 25.4 Å². The molecule has 1 aliphatic rings. The molecule has 1 fully saturated rings. The van der Waals surface area contributed by atoms with Crippen molar-refractivity contribution in [2.45, 2.75) is 45.8 Å². The van der Waals surface area contributed by atoms with E-state index in [2.05, 4.69) is 15.6 Å². The molecule has 1 aromatic carbocycles. The number of hydrogen-bond acceptors (Lipinski definition) is 4. The third-order valence-corrected chi connectivity index (χ3v) is 4.27. The molecule has 0 spiro atoms. The van der Waals surface area contributed by atoms with Crippen molar-refractivity contribution in [2.24, 2.45) is 10.9 Å². The van der Waals surface area contributed by atoms with E-state index < -0.39 is 0 Å². The normalized spacial score (nSPS) is 14.3. The van der Waals surface area contributed by atoms with E-state index in [-0.39, 0.29) is 6.10 Å². The summed E-state index contributed by atoms with van der Waals surface area (Å²) in [6, 6.07) is 11.7. The molecule has 0 unspecified atom stereocenters. The van der Waals surface area contributed by atoms with Crippen molar-refractivity contribution in [1.29, 1.82) is 0 Å². The van der Waals surface area contributed by atoms with Crippen LogP contribution in [0, 0.1) is 5.92 Å². The highest BCUT2D eigenvalue weighted by atomic mass is 16.5. The Hall–Kier alpha value is -2.47. The molecule has 1 aromatic heterocycles. The first-order chi connectivity index (χ1) is 13.7. The Bertz CT molecular complexity index is 707. The fourth-order valence-corrected chi connectivity index (χ4v) is 2.64. The number of furan rings is 1. The lowest BCUT2D eigenvalue weighted by atomic mass is 10.3. The minimum Gasteiger partial charge on any atom is -0.491 e. The first kappa shape index (κ1) is 20.3. The van der Waals surface area contributed by atoms with Gasteiger partial charge in [0.05, 0.1) is 12.4 Å². The number of anilines is 1. The molecule has 0 bridgehead atoms. The Morgan fingerprint density at radius 3 is 2.71 bits per heavy atom. The van der Waals surface area contributed by atoms with Gasteiger partial charge in [-0.2, -0.15) is 0 Å². The maximum Gasteiger partial charge on any atom is 0.196 e. The van der Waals surface area contributed by atoms with Crippen LogP contribution in [0.3, 0.4) is 0 Å². The number of aliphatic imine (C=N–C) groups is 1. The number of rotatable bonds is 11. The lowest BCUT2D eigenvalue weighted by Crippen LogP contribution is -2.32. The largest absolute Gasteiger partial charge is 0.491 e. The number of ether oxygens (including phenoxy) is 2. The van der Waals surface area contributed by atoms with E-state index in [0.717, 1.165) is 55.3 Å². The van der Waals surface area contributed by atoms with Crippen LogP contribution in [0.5, 0.6) is 5.75 Å². The molecule has 1 saturated carbocycles. The van der Waals surface area contributed by atoms with Crippen molar-refractivity contribution >= 4 is 11.6 Å². The van der Waals surface area contributed by atoms with E-state index in [4.69, 9.17) is 13.9 Å². The second-order valence-corrected chi connectivity index (χ2v) is 7.36. The van der Waals surface area contributed by atoms with Gasteiger partial charge in [0.25, 0.3) is 0 Å². The Balaban J connectivity index is 1.49. The van der Waals surface area contributed by atoms with E-state index in [1.165, 1.54) is 12.8 Å². The molecule has 6 heteroatoms. The number of hydrogen-bond donors (Lipinski definition) is 2. The molecule has 0 atom stereocenters. The lowest BCUT2D eigenvalue weighted by Gasteiger charge is -2.14. The standard InChI is InChI=1S/C22H31N3O3/c1-17(2)28-20-10-8-19(9-11-20)25-22(24-15-21-5-3-14-27-21)23-12-4-13-26-16-18-6-7-18/h3,5,8-11,14,17-18H,4,6-7,12-13,15-16H2,1-2H3,(H2,23,24,25). The summed E-state index contributed by atoms with van der Waals surface area (Å²) in [5.74, 6) is 3.21. The van der Waals surface area contributed by atoms with Gasteiger partial charge in [-0.1, -0.05) is 0 Å². The third kappa shape index (κ3) is 7.64. The van der Waals surface area contributed by atoms with Crippen LogP contribution >= 0.6 is 0 Å². The van der Waals surface area contributed by atoms with Gasteiger partial charge in [0.2, 0.25) is 0 Å². The highest BCUT2D eigenvalue weighted by Crippen LogP contribution is 2.28. The second kappa shape index (κ2) is 10.8. The molecule has 3 rings (SSSR count). The van der Waals surface area contributed by atoms with Crippen LogP contribution in [0.2, 0.25) is 0 Å². The fraction of sp³-hybridized carbons (Fsp3) is 0.500. The first-order valence-electron chi connectivity index (χ1n) is 10.1. The van der Waals surface area contributed by atoms with Crippen LogP contribution in [-0.2, 0) is 11.3 Å². The highest BCUT2D eigenvalue weighted by Gasteiger charge is 2.20.